The Balaban J connectivity index is 3.16. The fraction of sp³-hybridized carbons (Fsp3) is 0.700. The van der Waals surface area contributed by atoms with Gasteiger partial charge in [-0.2, -0.15) is 0 Å². The van der Waals surface area contributed by atoms with E-state index in [2.05, 4.69) is 33.1 Å². The molecule has 0 bridgehead atoms. The van der Waals surface area contributed by atoms with Gasteiger partial charge in [0.25, 0.3) is 0 Å². The Morgan fingerprint density at radius 1 is 0.538 bits per heavy atom. The standard InChI is InChI=1S/C20H34N4O2/c1-3-15-21-19(25)23-17-13-11-9-7-5-6-8-10-12-14-18-24-20(26)22-16-4-2/h1-2H,5-18H2,(H2,21,23,25)(H2,22,24,26). The number of urea groups is 2. The molecule has 0 atom stereocenters. The molecule has 0 saturated carbocycles. The summed E-state index contributed by atoms with van der Waals surface area (Å²) in [6.45, 7) is 1.94. The van der Waals surface area contributed by atoms with Gasteiger partial charge in [-0.25, -0.2) is 9.59 Å². The highest BCUT2D eigenvalue weighted by molar-refractivity contribution is 5.74. The van der Waals surface area contributed by atoms with Crippen LogP contribution in [0.15, 0.2) is 0 Å². The molecule has 146 valence electrons. The highest BCUT2D eigenvalue weighted by atomic mass is 16.2. The van der Waals surface area contributed by atoms with Crippen LogP contribution in [0.1, 0.15) is 64.2 Å². The first-order valence-corrected chi connectivity index (χ1v) is 9.61. The number of terminal acetylenes is 2. The number of amides is 4. The minimum absolute atomic E-state index is 0.189. The van der Waals surface area contributed by atoms with Gasteiger partial charge in [0.15, 0.2) is 0 Å². The summed E-state index contributed by atoms with van der Waals surface area (Å²) in [5.74, 6) is 4.72. The second-order valence-electron chi connectivity index (χ2n) is 6.16. The Bertz CT molecular complexity index is 410. The highest BCUT2D eigenvalue weighted by Crippen LogP contribution is 2.10. The van der Waals surface area contributed by atoms with E-state index in [4.69, 9.17) is 12.8 Å². The van der Waals surface area contributed by atoms with Crippen molar-refractivity contribution in [3.05, 3.63) is 0 Å². The predicted molar refractivity (Wildman–Crippen MR) is 107 cm³/mol. The van der Waals surface area contributed by atoms with Crippen molar-refractivity contribution in [1.29, 1.82) is 0 Å². The van der Waals surface area contributed by atoms with Crippen LogP contribution < -0.4 is 21.3 Å². The number of carbonyl (C=O) groups excluding carboxylic acids is 2. The Labute approximate surface area is 158 Å². The van der Waals surface area contributed by atoms with Gasteiger partial charge in [-0.1, -0.05) is 63.2 Å². The van der Waals surface area contributed by atoms with Crippen molar-refractivity contribution >= 4 is 12.1 Å². The average Bonchev–Trinajstić information content (AvgIpc) is 2.64. The summed E-state index contributed by atoms with van der Waals surface area (Å²) in [7, 11) is 0. The van der Waals surface area contributed by atoms with E-state index in [0.29, 0.717) is 13.1 Å². The second kappa shape index (κ2) is 19.0. The van der Waals surface area contributed by atoms with Gasteiger partial charge in [0.2, 0.25) is 0 Å². The normalized spacial score (nSPS) is 9.62. The van der Waals surface area contributed by atoms with Crippen LogP contribution in [0.2, 0.25) is 0 Å². The van der Waals surface area contributed by atoms with Crippen molar-refractivity contribution in [3.8, 4) is 24.7 Å². The Morgan fingerprint density at radius 2 is 0.846 bits per heavy atom. The summed E-state index contributed by atoms with van der Waals surface area (Å²) < 4.78 is 0. The molecule has 6 heteroatoms. The van der Waals surface area contributed by atoms with Gasteiger partial charge in [0.1, 0.15) is 0 Å². The lowest BCUT2D eigenvalue weighted by Crippen LogP contribution is -2.36. The zero-order valence-electron chi connectivity index (χ0n) is 15.9. The van der Waals surface area contributed by atoms with E-state index in [1.807, 2.05) is 0 Å². The van der Waals surface area contributed by atoms with Crippen molar-refractivity contribution in [2.75, 3.05) is 26.2 Å². The first kappa shape index (κ1) is 23.7. The molecule has 0 aromatic rings. The van der Waals surface area contributed by atoms with Crippen LogP contribution in [-0.2, 0) is 0 Å². The second-order valence-corrected chi connectivity index (χ2v) is 6.16. The number of unbranched alkanes of at least 4 members (excludes halogenated alkanes) is 9. The zero-order valence-corrected chi connectivity index (χ0v) is 15.9. The Hall–Kier alpha value is -2.34. The summed E-state index contributed by atoms with van der Waals surface area (Å²) in [6, 6.07) is -0.377. The lowest BCUT2D eigenvalue weighted by molar-refractivity contribution is 0.241. The molecule has 6 nitrogen and oxygen atoms in total. The first-order chi connectivity index (χ1) is 12.7. The molecule has 0 radical (unpaired) electrons. The summed E-state index contributed by atoms with van der Waals surface area (Å²) in [5, 5.41) is 10.7. The smallest absolute Gasteiger partial charge is 0.315 e. The van der Waals surface area contributed by atoms with Gasteiger partial charge >= 0.3 is 12.1 Å². The minimum Gasteiger partial charge on any atom is -0.338 e. The maximum absolute atomic E-state index is 11.2. The van der Waals surface area contributed by atoms with Crippen LogP contribution >= 0.6 is 0 Å². The van der Waals surface area contributed by atoms with Gasteiger partial charge in [-0.3, -0.25) is 0 Å². The fourth-order valence-electron chi connectivity index (χ4n) is 2.46. The van der Waals surface area contributed by atoms with Crippen LogP contribution in [0.3, 0.4) is 0 Å². The van der Waals surface area contributed by atoms with E-state index in [-0.39, 0.29) is 25.2 Å². The molecule has 0 aliphatic rings. The molecular weight excluding hydrogens is 328 g/mol. The molecule has 0 unspecified atom stereocenters. The lowest BCUT2D eigenvalue weighted by Gasteiger charge is -2.06. The Morgan fingerprint density at radius 3 is 1.15 bits per heavy atom. The zero-order chi connectivity index (χ0) is 19.3. The molecule has 0 saturated heterocycles. The molecule has 26 heavy (non-hydrogen) atoms. The number of hydrogen-bond acceptors (Lipinski definition) is 2. The van der Waals surface area contributed by atoms with E-state index in [9.17, 15) is 9.59 Å². The fourth-order valence-corrected chi connectivity index (χ4v) is 2.46. The molecule has 0 aliphatic carbocycles. The van der Waals surface area contributed by atoms with Crippen molar-refractivity contribution in [2.45, 2.75) is 64.2 Å². The SMILES string of the molecule is C#CCNC(=O)NCCCCCCCCCCCCNC(=O)NCC#C. The van der Waals surface area contributed by atoms with E-state index >= 15 is 0 Å². The molecule has 0 rings (SSSR count). The predicted octanol–water partition coefficient (Wildman–Crippen LogP) is 2.75. The third kappa shape index (κ3) is 18.0. The molecule has 4 N–H and O–H groups in total. The average molecular weight is 363 g/mol. The van der Waals surface area contributed by atoms with Crippen molar-refractivity contribution in [3.63, 3.8) is 0 Å². The molecule has 0 fully saturated rings. The Kier molecular flexibility index (Phi) is 17.3. The van der Waals surface area contributed by atoms with Gasteiger partial charge < -0.3 is 21.3 Å². The van der Waals surface area contributed by atoms with E-state index in [1.165, 1.54) is 38.5 Å². The van der Waals surface area contributed by atoms with Crippen LogP contribution in [0.5, 0.6) is 0 Å². The van der Waals surface area contributed by atoms with Crippen LogP contribution in [0.4, 0.5) is 9.59 Å². The molecule has 0 spiro atoms. The molecule has 0 aliphatic heterocycles. The minimum atomic E-state index is -0.189. The largest absolute Gasteiger partial charge is 0.338 e. The third-order valence-electron chi connectivity index (χ3n) is 3.88. The van der Waals surface area contributed by atoms with E-state index in [0.717, 1.165) is 25.7 Å². The van der Waals surface area contributed by atoms with Crippen molar-refractivity contribution in [2.24, 2.45) is 0 Å². The third-order valence-corrected chi connectivity index (χ3v) is 3.88. The molecule has 0 aromatic heterocycles. The van der Waals surface area contributed by atoms with Gasteiger partial charge in [-0.15, -0.1) is 12.8 Å². The first-order valence-electron chi connectivity index (χ1n) is 9.61. The molecule has 4 amide bonds. The van der Waals surface area contributed by atoms with Crippen molar-refractivity contribution < 1.29 is 9.59 Å². The number of rotatable bonds is 15. The van der Waals surface area contributed by atoms with Gasteiger partial charge in [-0.05, 0) is 12.8 Å². The number of hydrogen-bond donors (Lipinski definition) is 4. The monoisotopic (exact) mass is 362 g/mol. The highest BCUT2D eigenvalue weighted by Gasteiger charge is 1.98. The van der Waals surface area contributed by atoms with Gasteiger partial charge in [0.05, 0.1) is 13.1 Å². The van der Waals surface area contributed by atoms with E-state index in [1.54, 1.807) is 0 Å². The molecule has 0 heterocycles. The quantitative estimate of drug-likeness (QED) is 0.267. The number of carbonyl (C=O) groups is 2. The summed E-state index contributed by atoms with van der Waals surface area (Å²) in [6.07, 6.45) is 21.9. The van der Waals surface area contributed by atoms with Crippen LogP contribution in [0.25, 0.3) is 0 Å². The maximum Gasteiger partial charge on any atom is 0.315 e. The summed E-state index contributed by atoms with van der Waals surface area (Å²) in [5.41, 5.74) is 0. The number of nitrogens with one attached hydrogen (secondary N) is 4. The lowest BCUT2D eigenvalue weighted by atomic mass is 10.1. The summed E-state index contributed by atoms with van der Waals surface area (Å²) >= 11 is 0. The van der Waals surface area contributed by atoms with Gasteiger partial charge in [0, 0.05) is 13.1 Å². The topological polar surface area (TPSA) is 82.3 Å². The molecular formula is C20H34N4O2. The molecule has 0 aromatic carbocycles. The maximum atomic E-state index is 11.2. The van der Waals surface area contributed by atoms with Crippen molar-refractivity contribution in [1.82, 2.24) is 21.3 Å². The van der Waals surface area contributed by atoms with Crippen LogP contribution in [0, 0.1) is 24.7 Å². The van der Waals surface area contributed by atoms with Crippen LogP contribution in [-0.4, -0.2) is 38.2 Å². The summed E-state index contributed by atoms with van der Waals surface area (Å²) in [4.78, 5) is 22.5. The van der Waals surface area contributed by atoms with E-state index < -0.39 is 0 Å².